The van der Waals surface area contributed by atoms with Gasteiger partial charge in [-0.15, -0.1) is 10.2 Å². The molecule has 0 saturated carbocycles. The Bertz CT molecular complexity index is 1300. The van der Waals surface area contributed by atoms with Crippen LogP contribution in [0.2, 0.25) is 0 Å². The average molecular weight is 443 g/mol. The molecular formula is C25H22FN5O2. The largest absolute Gasteiger partial charge is 0.453 e. The van der Waals surface area contributed by atoms with E-state index in [2.05, 4.69) is 15.2 Å². The molecule has 0 radical (unpaired) electrons. The molecule has 166 valence electrons. The van der Waals surface area contributed by atoms with Crippen molar-refractivity contribution >= 4 is 17.6 Å². The number of piperidine rings is 1. The molecular weight excluding hydrogens is 421 g/mol. The van der Waals surface area contributed by atoms with Crippen molar-refractivity contribution in [2.75, 3.05) is 13.1 Å². The molecule has 4 heterocycles. The van der Waals surface area contributed by atoms with Crippen molar-refractivity contribution < 1.29 is 13.9 Å². The summed E-state index contributed by atoms with van der Waals surface area (Å²) < 4.78 is 21.9. The first-order chi connectivity index (χ1) is 16.2. The number of rotatable bonds is 5. The Morgan fingerprint density at radius 1 is 1.09 bits per heavy atom. The van der Waals surface area contributed by atoms with Gasteiger partial charge in [0.25, 0.3) is 0 Å². The van der Waals surface area contributed by atoms with Crippen LogP contribution in [0.1, 0.15) is 30.1 Å². The average Bonchev–Trinajstić information content (AvgIpc) is 3.29. The van der Waals surface area contributed by atoms with Crippen LogP contribution in [0.5, 0.6) is 11.5 Å². The first-order valence-corrected chi connectivity index (χ1v) is 10.8. The number of hydrogen-bond donors (Lipinski definition) is 0. The maximum Gasteiger partial charge on any atom is 0.246 e. The number of pyridine rings is 2. The number of fused-ring (bicyclic) bond motifs is 1. The quantitative estimate of drug-likeness (QED) is 0.426. The minimum absolute atomic E-state index is 0.0874. The van der Waals surface area contributed by atoms with Crippen LogP contribution in [0, 0.1) is 5.82 Å². The molecule has 1 saturated heterocycles. The Morgan fingerprint density at radius 2 is 1.97 bits per heavy atom. The van der Waals surface area contributed by atoms with E-state index in [1.54, 1.807) is 36.5 Å². The van der Waals surface area contributed by atoms with Crippen molar-refractivity contribution in [2.45, 2.75) is 18.8 Å². The van der Waals surface area contributed by atoms with Gasteiger partial charge in [-0.2, -0.15) is 0 Å². The highest BCUT2D eigenvalue weighted by Gasteiger charge is 2.26. The molecule has 3 aromatic heterocycles. The molecule has 0 atom stereocenters. The lowest BCUT2D eigenvalue weighted by Crippen LogP contribution is -2.37. The summed E-state index contributed by atoms with van der Waals surface area (Å²) in [5.74, 6) is 1.17. The lowest BCUT2D eigenvalue weighted by atomic mass is 9.96. The minimum atomic E-state index is -0.505. The monoisotopic (exact) mass is 443 g/mol. The van der Waals surface area contributed by atoms with Gasteiger partial charge in [0.15, 0.2) is 17.2 Å². The standard InChI is InChI=1S/C25H22FN5O2/c26-21-16-18(6-8-22(21)33-20-4-3-12-27-17-20)7-9-24(32)30-14-10-19(11-15-30)25-29-28-23-5-1-2-13-31(23)25/h1-9,12-13,16-17,19H,10-11,14-15H2/b9-7+. The summed E-state index contributed by atoms with van der Waals surface area (Å²) in [6, 6.07) is 13.8. The van der Waals surface area contributed by atoms with Crippen LogP contribution in [0.3, 0.4) is 0 Å². The highest BCUT2D eigenvalue weighted by molar-refractivity contribution is 5.91. The Hall–Kier alpha value is -4.07. The van der Waals surface area contributed by atoms with Crippen molar-refractivity contribution in [1.82, 2.24) is 24.5 Å². The second-order valence-corrected chi connectivity index (χ2v) is 7.90. The summed E-state index contributed by atoms with van der Waals surface area (Å²) in [7, 11) is 0. The zero-order valence-electron chi connectivity index (χ0n) is 17.8. The van der Waals surface area contributed by atoms with Crippen LogP contribution in [-0.4, -0.2) is 43.5 Å². The third kappa shape index (κ3) is 4.59. The van der Waals surface area contributed by atoms with Gasteiger partial charge in [-0.05, 0) is 60.9 Å². The number of carbonyl (C=O) groups excluding carboxylic acids is 1. The van der Waals surface area contributed by atoms with Crippen LogP contribution in [0.25, 0.3) is 11.7 Å². The molecule has 0 bridgehead atoms. The first-order valence-electron chi connectivity index (χ1n) is 10.8. The zero-order valence-corrected chi connectivity index (χ0v) is 17.8. The smallest absolute Gasteiger partial charge is 0.246 e. The summed E-state index contributed by atoms with van der Waals surface area (Å²) >= 11 is 0. The second kappa shape index (κ2) is 9.20. The zero-order chi connectivity index (χ0) is 22.6. The van der Waals surface area contributed by atoms with Crippen molar-refractivity contribution in [3.63, 3.8) is 0 Å². The van der Waals surface area contributed by atoms with Crippen LogP contribution in [-0.2, 0) is 4.79 Å². The van der Waals surface area contributed by atoms with Gasteiger partial charge in [-0.1, -0.05) is 12.1 Å². The Morgan fingerprint density at radius 3 is 2.76 bits per heavy atom. The van der Waals surface area contributed by atoms with E-state index in [-0.39, 0.29) is 17.6 Å². The maximum absolute atomic E-state index is 14.4. The van der Waals surface area contributed by atoms with Crippen molar-refractivity contribution in [1.29, 1.82) is 0 Å². The highest BCUT2D eigenvalue weighted by atomic mass is 19.1. The number of aromatic nitrogens is 4. The van der Waals surface area contributed by atoms with E-state index in [0.717, 1.165) is 24.3 Å². The van der Waals surface area contributed by atoms with Crippen LogP contribution < -0.4 is 4.74 Å². The third-order valence-electron chi connectivity index (χ3n) is 5.75. The summed E-state index contributed by atoms with van der Waals surface area (Å²) in [6.07, 6.45) is 9.86. The van der Waals surface area contributed by atoms with Gasteiger partial charge in [0, 0.05) is 37.5 Å². The lowest BCUT2D eigenvalue weighted by Gasteiger charge is -2.30. The molecule has 1 aromatic carbocycles. The summed E-state index contributed by atoms with van der Waals surface area (Å²) in [6.45, 7) is 1.28. The van der Waals surface area contributed by atoms with Crippen molar-refractivity contribution in [3.8, 4) is 11.5 Å². The second-order valence-electron chi connectivity index (χ2n) is 7.90. The van der Waals surface area contributed by atoms with Gasteiger partial charge in [0.05, 0.1) is 6.20 Å². The first kappa shape index (κ1) is 20.8. The highest BCUT2D eigenvalue weighted by Crippen LogP contribution is 2.28. The van der Waals surface area contributed by atoms with Gasteiger partial charge in [0.2, 0.25) is 5.91 Å². The normalized spacial score (nSPS) is 14.8. The molecule has 1 aliphatic heterocycles. The van der Waals surface area contributed by atoms with Crippen LogP contribution in [0.15, 0.2) is 73.2 Å². The van der Waals surface area contributed by atoms with E-state index in [4.69, 9.17) is 4.74 Å². The number of amides is 1. The molecule has 7 nitrogen and oxygen atoms in total. The van der Waals surface area contributed by atoms with E-state index in [0.29, 0.717) is 24.4 Å². The summed E-state index contributed by atoms with van der Waals surface area (Å²) in [4.78, 5) is 18.4. The third-order valence-corrected chi connectivity index (χ3v) is 5.75. The number of likely N-dealkylation sites (tertiary alicyclic amines) is 1. The number of ether oxygens (including phenoxy) is 1. The van der Waals surface area contributed by atoms with Crippen molar-refractivity contribution in [2.24, 2.45) is 0 Å². The number of carbonyl (C=O) groups is 1. The molecule has 33 heavy (non-hydrogen) atoms. The van der Waals surface area contributed by atoms with Crippen LogP contribution in [0.4, 0.5) is 4.39 Å². The SMILES string of the molecule is O=C(/C=C/c1ccc(Oc2cccnc2)c(F)c1)N1CCC(c2nnc3ccccn23)CC1. The molecule has 1 aliphatic rings. The minimum Gasteiger partial charge on any atom is -0.453 e. The molecule has 1 amide bonds. The molecule has 0 N–H and O–H groups in total. The van der Waals surface area contributed by atoms with Gasteiger partial charge >= 0.3 is 0 Å². The molecule has 0 spiro atoms. The van der Waals surface area contributed by atoms with Crippen molar-refractivity contribution in [3.05, 3.63) is 90.4 Å². The Labute approximate surface area is 190 Å². The number of nitrogens with zero attached hydrogens (tertiary/aromatic N) is 5. The Kier molecular flexibility index (Phi) is 5.80. The Balaban J connectivity index is 1.19. The molecule has 5 rings (SSSR count). The van der Waals surface area contributed by atoms with Gasteiger partial charge < -0.3 is 9.64 Å². The van der Waals surface area contributed by atoms with E-state index >= 15 is 0 Å². The van der Waals surface area contributed by atoms with Gasteiger partial charge in [0.1, 0.15) is 11.6 Å². The summed E-state index contributed by atoms with van der Waals surface area (Å²) in [5, 5.41) is 8.58. The maximum atomic E-state index is 14.4. The molecule has 0 unspecified atom stereocenters. The fourth-order valence-corrected chi connectivity index (χ4v) is 4.01. The molecule has 0 aliphatic carbocycles. The fourth-order valence-electron chi connectivity index (χ4n) is 4.01. The molecule has 4 aromatic rings. The topological polar surface area (TPSA) is 72.6 Å². The fraction of sp³-hybridized carbons (Fsp3) is 0.200. The van der Waals surface area contributed by atoms with Crippen LogP contribution >= 0.6 is 0 Å². The molecule has 1 fully saturated rings. The number of halogens is 1. The summed E-state index contributed by atoms with van der Waals surface area (Å²) in [5.41, 5.74) is 1.42. The van der Waals surface area contributed by atoms with E-state index in [9.17, 15) is 9.18 Å². The van der Waals surface area contributed by atoms with E-state index < -0.39 is 5.82 Å². The predicted molar refractivity (Wildman–Crippen MR) is 121 cm³/mol. The molecule has 8 heteroatoms. The number of benzene rings is 1. The van der Waals surface area contributed by atoms with E-state index in [1.165, 1.54) is 18.3 Å². The predicted octanol–water partition coefficient (Wildman–Crippen LogP) is 4.48. The van der Waals surface area contributed by atoms with E-state index in [1.807, 2.05) is 33.7 Å². The van der Waals surface area contributed by atoms with Gasteiger partial charge in [-0.3, -0.25) is 14.2 Å². The van der Waals surface area contributed by atoms with Gasteiger partial charge in [-0.25, -0.2) is 4.39 Å². The lowest BCUT2D eigenvalue weighted by molar-refractivity contribution is -0.127. The number of hydrogen-bond acceptors (Lipinski definition) is 5.